The fourth-order valence-electron chi connectivity index (χ4n) is 4.62. The molecule has 0 aliphatic carbocycles. The van der Waals surface area contributed by atoms with Gasteiger partial charge >= 0.3 is 5.69 Å². The second-order valence-electron chi connectivity index (χ2n) is 9.22. The number of para-hydroxylation sites is 1. The smallest absolute Gasteiger partial charge is 0.332 e. The number of imidazole rings is 1. The molecule has 1 fully saturated rings. The fraction of sp³-hybridized carbons (Fsp3) is 0.423. The van der Waals surface area contributed by atoms with E-state index in [4.69, 9.17) is 10.7 Å². The van der Waals surface area contributed by atoms with Crippen LogP contribution in [-0.2, 0) is 24.9 Å². The molecule has 0 spiro atoms. The van der Waals surface area contributed by atoms with Crippen LogP contribution >= 0.6 is 0 Å². The summed E-state index contributed by atoms with van der Waals surface area (Å²) in [5.74, 6) is -0.132. The molecule has 1 amide bonds. The van der Waals surface area contributed by atoms with E-state index in [0.29, 0.717) is 24.7 Å². The summed E-state index contributed by atoms with van der Waals surface area (Å²) in [5, 5.41) is 2.70. The molecular weight excluding hydrogens is 474 g/mol. The predicted octanol–water partition coefficient (Wildman–Crippen LogP) is 1.63. The zero-order valence-corrected chi connectivity index (χ0v) is 21.4. The van der Waals surface area contributed by atoms with Crippen LogP contribution in [0.2, 0.25) is 0 Å². The van der Waals surface area contributed by atoms with E-state index in [0.717, 1.165) is 24.0 Å². The minimum Gasteiger partial charge on any atom is -0.341 e. The number of nitrogens with zero attached hydrogens (tertiary/aromatic N) is 5. The number of nitrogens with one attached hydrogen (secondary N) is 1. The Morgan fingerprint density at radius 3 is 2.68 bits per heavy atom. The average molecular weight is 508 g/mol. The monoisotopic (exact) mass is 507 g/mol. The van der Waals surface area contributed by atoms with Gasteiger partial charge in [0.2, 0.25) is 11.9 Å². The number of aromatic nitrogens is 4. The minimum atomic E-state index is -0.640. The molecule has 2 aromatic heterocycles. The van der Waals surface area contributed by atoms with E-state index in [2.05, 4.69) is 5.32 Å². The maximum absolute atomic E-state index is 13.7. The van der Waals surface area contributed by atoms with E-state index >= 15 is 0 Å². The minimum absolute atomic E-state index is 0.00454. The second kappa shape index (κ2) is 11.0. The van der Waals surface area contributed by atoms with Crippen molar-refractivity contribution in [2.45, 2.75) is 52.2 Å². The third-order valence-corrected chi connectivity index (χ3v) is 6.60. The van der Waals surface area contributed by atoms with Gasteiger partial charge in [-0.1, -0.05) is 31.2 Å². The van der Waals surface area contributed by atoms with Crippen LogP contribution in [0, 0.1) is 0 Å². The highest BCUT2D eigenvalue weighted by atomic mass is 16.2. The van der Waals surface area contributed by atoms with E-state index in [1.165, 1.54) is 4.57 Å². The van der Waals surface area contributed by atoms with Gasteiger partial charge in [-0.15, -0.1) is 0 Å². The van der Waals surface area contributed by atoms with E-state index in [9.17, 15) is 19.2 Å². The summed E-state index contributed by atoms with van der Waals surface area (Å²) < 4.78 is 4.02. The van der Waals surface area contributed by atoms with Crippen LogP contribution in [-0.4, -0.2) is 49.5 Å². The molecule has 0 radical (unpaired) electrons. The molecule has 11 heteroatoms. The van der Waals surface area contributed by atoms with Gasteiger partial charge in [0.15, 0.2) is 16.9 Å². The lowest BCUT2D eigenvalue weighted by Crippen LogP contribution is -2.44. The number of carbonyl (C=O) groups is 2. The topological polar surface area (TPSA) is 137 Å². The number of hydrogen-bond donors (Lipinski definition) is 2. The molecule has 11 nitrogen and oxygen atoms in total. The lowest BCUT2D eigenvalue weighted by molar-refractivity contribution is -0.115. The Bertz CT molecular complexity index is 1480. The Morgan fingerprint density at radius 2 is 1.97 bits per heavy atom. The number of fused-ring (bicyclic) bond motifs is 1. The van der Waals surface area contributed by atoms with E-state index in [1.54, 1.807) is 42.8 Å². The Labute approximate surface area is 214 Å². The molecule has 0 bridgehead atoms. The number of carbonyl (C=O) groups excluding carboxylic acids is 2. The molecule has 1 saturated heterocycles. The Hall–Kier alpha value is -3.99. The summed E-state index contributed by atoms with van der Waals surface area (Å²) in [4.78, 5) is 58.9. The highest BCUT2D eigenvalue weighted by Crippen LogP contribution is 2.23. The number of hydrogen-bond acceptors (Lipinski definition) is 7. The van der Waals surface area contributed by atoms with E-state index in [-0.39, 0.29) is 35.1 Å². The van der Waals surface area contributed by atoms with Crippen LogP contribution in [0.15, 0.2) is 46.0 Å². The molecule has 3 N–H and O–H groups in total. The van der Waals surface area contributed by atoms with Gasteiger partial charge in [-0.05, 0) is 31.9 Å². The number of aryl methyl sites for hydroxylation is 1. The van der Waals surface area contributed by atoms with Crippen LogP contribution in [0.3, 0.4) is 0 Å². The fourth-order valence-corrected chi connectivity index (χ4v) is 4.62. The third-order valence-electron chi connectivity index (χ3n) is 6.60. The van der Waals surface area contributed by atoms with Crippen molar-refractivity contribution in [1.29, 1.82) is 0 Å². The van der Waals surface area contributed by atoms with Gasteiger partial charge in [0.05, 0.1) is 12.2 Å². The lowest BCUT2D eigenvalue weighted by Gasteiger charge is -2.31. The molecule has 1 atom stereocenters. The molecule has 1 aliphatic heterocycles. The average Bonchev–Trinajstić information content (AvgIpc) is 3.28. The Balaban J connectivity index is 1.82. The third kappa shape index (κ3) is 5.12. The predicted molar refractivity (Wildman–Crippen MR) is 143 cm³/mol. The Kier molecular flexibility index (Phi) is 7.72. The highest BCUT2D eigenvalue weighted by molar-refractivity contribution is 6.04. The summed E-state index contributed by atoms with van der Waals surface area (Å²) in [7, 11) is 1.54. The molecule has 0 unspecified atom stereocenters. The number of Topliss-reactive ketones (excluding diaryl/α,β-unsaturated/α-hetero) is 1. The first-order valence-corrected chi connectivity index (χ1v) is 12.5. The molecule has 196 valence electrons. The molecule has 0 saturated carbocycles. The first kappa shape index (κ1) is 26.1. The molecule has 3 heterocycles. The van der Waals surface area contributed by atoms with E-state index in [1.807, 2.05) is 24.0 Å². The zero-order valence-electron chi connectivity index (χ0n) is 21.4. The number of anilines is 2. The number of allylic oxidation sites excluding steroid dienone is 2. The quantitative estimate of drug-likeness (QED) is 0.349. The van der Waals surface area contributed by atoms with Crippen molar-refractivity contribution in [2.24, 2.45) is 12.8 Å². The molecule has 1 aliphatic rings. The summed E-state index contributed by atoms with van der Waals surface area (Å²) in [5.41, 5.74) is 6.04. The van der Waals surface area contributed by atoms with Gasteiger partial charge in [-0.25, -0.2) is 4.79 Å². The number of benzene rings is 1. The van der Waals surface area contributed by atoms with Gasteiger partial charge in [0, 0.05) is 44.7 Å². The zero-order chi connectivity index (χ0) is 26.7. The lowest BCUT2D eigenvalue weighted by atomic mass is 10.1. The molecule has 4 rings (SSSR count). The largest absolute Gasteiger partial charge is 0.341 e. The van der Waals surface area contributed by atoms with Crippen LogP contribution in [0.25, 0.3) is 11.2 Å². The Morgan fingerprint density at radius 1 is 1.22 bits per heavy atom. The molecule has 3 aromatic rings. The van der Waals surface area contributed by atoms with Crippen LogP contribution < -0.4 is 27.2 Å². The van der Waals surface area contributed by atoms with Gasteiger partial charge < -0.3 is 20.5 Å². The van der Waals surface area contributed by atoms with Crippen molar-refractivity contribution in [2.75, 3.05) is 23.3 Å². The van der Waals surface area contributed by atoms with Crippen molar-refractivity contribution >= 4 is 34.5 Å². The summed E-state index contributed by atoms with van der Waals surface area (Å²) in [6.07, 6.45) is 5.85. The summed E-state index contributed by atoms with van der Waals surface area (Å²) in [6.45, 7) is 4.84. The van der Waals surface area contributed by atoms with Crippen molar-refractivity contribution in [3.8, 4) is 0 Å². The number of nitrogens with two attached hydrogens (primary N) is 1. The van der Waals surface area contributed by atoms with Crippen molar-refractivity contribution in [1.82, 2.24) is 18.7 Å². The van der Waals surface area contributed by atoms with Crippen LogP contribution in [0.4, 0.5) is 11.6 Å². The van der Waals surface area contributed by atoms with E-state index < -0.39 is 23.6 Å². The first-order valence-electron chi connectivity index (χ1n) is 12.5. The number of piperidine rings is 1. The summed E-state index contributed by atoms with van der Waals surface area (Å²) >= 11 is 0. The maximum Gasteiger partial charge on any atom is 0.332 e. The highest BCUT2D eigenvalue weighted by Gasteiger charge is 2.26. The van der Waals surface area contributed by atoms with Gasteiger partial charge in [0.25, 0.3) is 5.56 Å². The number of ketones is 1. The van der Waals surface area contributed by atoms with Gasteiger partial charge in [0.1, 0.15) is 0 Å². The van der Waals surface area contributed by atoms with Crippen molar-refractivity contribution < 1.29 is 9.59 Å². The molecule has 37 heavy (non-hydrogen) atoms. The first-order chi connectivity index (χ1) is 17.8. The number of rotatable bonds is 8. The maximum atomic E-state index is 13.7. The second-order valence-corrected chi connectivity index (χ2v) is 9.22. The van der Waals surface area contributed by atoms with Gasteiger partial charge in [-0.3, -0.25) is 23.5 Å². The van der Waals surface area contributed by atoms with Gasteiger partial charge in [-0.2, -0.15) is 4.98 Å². The summed E-state index contributed by atoms with van der Waals surface area (Å²) in [6, 6.07) is 6.55. The molecular formula is C26H33N7O4. The SMILES string of the molecule is CC=CCn1c(N2CCC[C@@H](N)C2)nc2c1c(=O)n(CC(=O)c1ccccc1NC(=O)CC)c(=O)n2C. The number of amides is 1. The van der Waals surface area contributed by atoms with Crippen molar-refractivity contribution in [3.05, 3.63) is 62.8 Å². The van der Waals surface area contributed by atoms with Crippen LogP contribution in [0.5, 0.6) is 0 Å². The molecule has 1 aromatic carbocycles. The standard InChI is InChI=1S/C26H33N7O4/c1-4-6-14-32-22-23(29-25(32)31-13-9-10-17(27)15-31)30(3)26(37)33(24(22)36)16-20(34)18-11-7-8-12-19(18)28-21(35)5-2/h4,6-8,11-12,17H,5,9-10,13-16,27H2,1-3H3,(H,28,35)/t17-/m1/s1. The van der Waals surface area contributed by atoms with Crippen molar-refractivity contribution in [3.63, 3.8) is 0 Å². The normalized spacial score (nSPS) is 16.0. The van der Waals surface area contributed by atoms with Crippen LogP contribution in [0.1, 0.15) is 43.5 Å².